The van der Waals surface area contributed by atoms with Gasteiger partial charge < -0.3 is 14.6 Å². The van der Waals surface area contributed by atoms with E-state index in [1.807, 2.05) is 44.2 Å². The van der Waals surface area contributed by atoms with Crippen molar-refractivity contribution in [1.82, 2.24) is 14.8 Å². The molecule has 1 N–H and O–H groups in total. The van der Waals surface area contributed by atoms with E-state index in [1.54, 1.807) is 7.11 Å². The number of benzene rings is 1. The summed E-state index contributed by atoms with van der Waals surface area (Å²) in [6.45, 7) is 5.36. The fourth-order valence-corrected chi connectivity index (χ4v) is 4.88. The van der Waals surface area contributed by atoms with Crippen molar-refractivity contribution in [3.05, 3.63) is 51.8 Å². The standard InChI is InChI=1S/C19H21BrN4O2S2/c1-12-9-16(13(2)24(12)7-8-26-3)17(25)11-27-19-23-22-18(28-19)21-15-6-4-5-14(20)10-15/h4-6,9-10H,7-8,11H2,1-3H3,(H,21,22). The van der Waals surface area contributed by atoms with E-state index in [0.717, 1.165) is 38.0 Å². The quantitative estimate of drug-likeness (QED) is 0.340. The number of ether oxygens (including phenoxy) is 1. The smallest absolute Gasteiger partial charge is 0.210 e. The molecule has 0 saturated carbocycles. The van der Waals surface area contributed by atoms with Crippen molar-refractivity contribution in [1.29, 1.82) is 0 Å². The SMILES string of the molecule is COCCn1c(C)cc(C(=O)CSc2nnc(Nc3cccc(Br)c3)s2)c1C. The fourth-order valence-electron chi connectivity index (χ4n) is 2.82. The normalized spacial score (nSPS) is 11.0. The molecule has 0 aliphatic rings. The first kappa shape index (κ1) is 21.0. The van der Waals surface area contributed by atoms with E-state index < -0.39 is 0 Å². The third-order valence-electron chi connectivity index (χ3n) is 4.20. The van der Waals surface area contributed by atoms with Crippen LogP contribution in [0.5, 0.6) is 0 Å². The lowest BCUT2D eigenvalue weighted by Gasteiger charge is -2.08. The van der Waals surface area contributed by atoms with E-state index in [1.165, 1.54) is 23.1 Å². The molecule has 0 atom stereocenters. The van der Waals surface area contributed by atoms with Crippen LogP contribution in [0.25, 0.3) is 0 Å². The van der Waals surface area contributed by atoms with Gasteiger partial charge in [0.05, 0.1) is 12.4 Å². The van der Waals surface area contributed by atoms with Gasteiger partial charge in [-0.15, -0.1) is 10.2 Å². The van der Waals surface area contributed by atoms with Crippen molar-refractivity contribution in [3.8, 4) is 0 Å². The highest BCUT2D eigenvalue weighted by Gasteiger charge is 2.17. The minimum Gasteiger partial charge on any atom is -0.383 e. The number of halogens is 1. The number of carbonyl (C=O) groups excluding carboxylic acids is 1. The van der Waals surface area contributed by atoms with E-state index >= 15 is 0 Å². The van der Waals surface area contributed by atoms with E-state index in [4.69, 9.17) is 4.74 Å². The lowest BCUT2D eigenvalue weighted by molar-refractivity contribution is 0.102. The predicted molar refractivity (Wildman–Crippen MR) is 118 cm³/mol. The average molecular weight is 481 g/mol. The van der Waals surface area contributed by atoms with E-state index in [2.05, 4.69) is 36.0 Å². The summed E-state index contributed by atoms with van der Waals surface area (Å²) in [7, 11) is 1.68. The van der Waals surface area contributed by atoms with Crippen molar-refractivity contribution in [3.63, 3.8) is 0 Å². The molecule has 0 spiro atoms. The number of nitrogens with zero attached hydrogens (tertiary/aromatic N) is 3. The first-order valence-electron chi connectivity index (χ1n) is 8.65. The molecule has 0 fully saturated rings. The molecular formula is C19H21BrN4O2S2. The minimum absolute atomic E-state index is 0.0958. The van der Waals surface area contributed by atoms with Crippen molar-refractivity contribution in [2.24, 2.45) is 0 Å². The van der Waals surface area contributed by atoms with Gasteiger partial charge >= 0.3 is 0 Å². The van der Waals surface area contributed by atoms with Gasteiger partial charge in [-0.2, -0.15) is 0 Å². The number of hydrogen-bond donors (Lipinski definition) is 1. The van der Waals surface area contributed by atoms with E-state index in [0.29, 0.717) is 17.5 Å². The molecular weight excluding hydrogens is 460 g/mol. The van der Waals surface area contributed by atoms with Crippen LogP contribution < -0.4 is 5.32 Å². The molecule has 0 bridgehead atoms. The van der Waals surface area contributed by atoms with Crippen LogP contribution in [-0.4, -0.2) is 40.0 Å². The maximum Gasteiger partial charge on any atom is 0.210 e. The minimum atomic E-state index is 0.0958. The van der Waals surface area contributed by atoms with Gasteiger partial charge in [0.15, 0.2) is 10.1 Å². The van der Waals surface area contributed by atoms with Gasteiger partial charge in [-0.3, -0.25) is 4.79 Å². The molecule has 0 saturated heterocycles. The number of methoxy groups -OCH3 is 1. The van der Waals surface area contributed by atoms with Crippen LogP contribution in [0.15, 0.2) is 39.1 Å². The lowest BCUT2D eigenvalue weighted by atomic mass is 10.2. The molecule has 0 aliphatic carbocycles. The molecule has 28 heavy (non-hydrogen) atoms. The Bertz CT molecular complexity index is 971. The maximum atomic E-state index is 12.7. The summed E-state index contributed by atoms with van der Waals surface area (Å²) in [6, 6.07) is 9.79. The summed E-state index contributed by atoms with van der Waals surface area (Å²) in [4.78, 5) is 12.7. The average Bonchev–Trinajstić information content (AvgIpc) is 3.22. The first-order valence-corrected chi connectivity index (χ1v) is 11.2. The highest BCUT2D eigenvalue weighted by molar-refractivity contribution is 9.10. The Kier molecular flexibility index (Phi) is 7.28. The Morgan fingerprint density at radius 3 is 2.89 bits per heavy atom. The number of hydrogen-bond acceptors (Lipinski definition) is 7. The largest absolute Gasteiger partial charge is 0.383 e. The number of ketones is 1. The second-order valence-electron chi connectivity index (χ2n) is 6.15. The van der Waals surface area contributed by atoms with Gasteiger partial charge in [0.2, 0.25) is 5.13 Å². The highest BCUT2D eigenvalue weighted by Crippen LogP contribution is 2.29. The van der Waals surface area contributed by atoms with Crippen molar-refractivity contribution >= 4 is 55.6 Å². The fraction of sp³-hybridized carbons (Fsp3) is 0.316. The van der Waals surface area contributed by atoms with Crippen LogP contribution in [0.4, 0.5) is 10.8 Å². The molecule has 3 aromatic rings. The Labute approximate surface area is 180 Å². The number of thioether (sulfide) groups is 1. The third kappa shape index (κ3) is 5.22. The molecule has 2 aromatic heterocycles. The van der Waals surface area contributed by atoms with Crippen molar-refractivity contribution in [2.45, 2.75) is 24.7 Å². The Hall–Kier alpha value is -1.68. The molecule has 148 valence electrons. The molecule has 0 aliphatic heterocycles. The molecule has 1 aromatic carbocycles. The number of anilines is 2. The summed E-state index contributed by atoms with van der Waals surface area (Å²) < 4.78 is 9.02. The van der Waals surface area contributed by atoms with E-state index in [-0.39, 0.29) is 5.78 Å². The van der Waals surface area contributed by atoms with Crippen LogP contribution >= 0.6 is 39.0 Å². The summed E-state index contributed by atoms with van der Waals surface area (Å²) in [5.41, 5.74) is 3.74. The summed E-state index contributed by atoms with van der Waals surface area (Å²) >= 11 is 6.29. The molecule has 6 nitrogen and oxygen atoms in total. The molecule has 0 unspecified atom stereocenters. The van der Waals surface area contributed by atoms with Crippen molar-refractivity contribution in [2.75, 3.05) is 24.8 Å². The van der Waals surface area contributed by atoms with Crippen molar-refractivity contribution < 1.29 is 9.53 Å². The number of rotatable bonds is 9. The monoisotopic (exact) mass is 480 g/mol. The zero-order valence-corrected chi connectivity index (χ0v) is 19.1. The Morgan fingerprint density at radius 1 is 1.32 bits per heavy atom. The van der Waals surface area contributed by atoms with Gasteiger partial charge in [-0.25, -0.2) is 0 Å². The van der Waals surface area contributed by atoms with Gasteiger partial charge in [-0.05, 0) is 38.1 Å². The number of aryl methyl sites for hydroxylation is 1. The molecule has 0 radical (unpaired) electrons. The van der Waals surface area contributed by atoms with Crippen LogP contribution in [0.1, 0.15) is 21.7 Å². The second-order valence-corrected chi connectivity index (χ2v) is 9.27. The Morgan fingerprint density at radius 2 is 2.14 bits per heavy atom. The first-order chi connectivity index (χ1) is 13.5. The zero-order chi connectivity index (χ0) is 20.1. The number of nitrogens with one attached hydrogen (secondary N) is 1. The lowest BCUT2D eigenvalue weighted by Crippen LogP contribution is -2.09. The van der Waals surface area contributed by atoms with Crippen LogP contribution in [-0.2, 0) is 11.3 Å². The number of aromatic nitrogens is 3. The van der Waals surface area contributed by atoms with E-state index in [9.17, 15) is 4.79 Å². The maximum absolute atomic E-state index is 12.7. The zero-order valence-electron chi connectivity index (χ0n) is 15.9. The van der Waals surface area contributed by atoms with Crippen LogP contribution in [0.3, 0.4) is 0 Å². The molecule has 3 rings (SSSR count). The van der Waals surface area contributed by atoms with Crippen LogP contribution in [0.2, 0.25) is 0 Å². The summed E-state index contributed by atoms with van der Waals surface area (Å²) in [5.74, 6) is 0.429. The molecule has 9 heteroatoms. The summed E-state index contributed by atoms with van der Waals surface area (Å²) in [5, 5.41) is 12.2. The van der Waals surface area contributed by atoms with Gasteiger partial charge in [0, 0.05) is 40.8 Å². The predicted octanol–water partition coefficient (Wildman–Crippen LogP) is 5.08. The Balaban J connectivity index is 1.60. The van der Waals surface area contributed by atoms with Gasteiger partial charge in [-0.1, -0.05) is 45.1 Å². The highest BCUT2D eigenvalue weighted by atomic mass is 79.9. The molecule has 0 amide bonds. The molecule has 2 heterocycles. The third-order valence-corrected chi connectivity index (χ3v) is 6.67. The van der Waals surface area contributed by atoms with Gasteiger partial charge in [0.25, 0.3) is 0 Å². The topological polar surface area (TPSA) is 69.0 Å². The van der Waals surface area contributed by atoms with Gasteiger partial charge in [0.1, 0.15) is 0 Å². The number of Topliss-reactive ketones (excluding diaryl/α,β-unsaturated/α-hetero) is 1. The number of carbonyl (C=O) groups is 1. The summed E-state index contributed by atoms with van der Waals surface area (Å²) in [6.07, 6.45) is 0. The van der Waals surface area contributed by atoms with Crippen LogP contribution in [0, 0.1) is 13.8 Å². The second kappa shape index (κ2) is 9.69.